The number of quaternary nitrogens is 1. The molecule has 0 aliphatic heterocycles. The van der Waals surface area contributed by atoms with Crippen molar-refractivity contribution in [1.82, 2.24) is 0 Å². The van der Waals surface area contributed by atoms with Crippen LogP contribution in [0, 0.1) is 0 Å². The predicted molar refractivity (Wildman–Crippen MR) is 72.6 cm³/mol. The molecule has 8 heteroatoms. The van der Waals surface area contributed by atoms with Crippen molar-refractivity contribution >= 4 is 13.8 Å². The Kier molecular flexibility index (Phi) is 7.07. The second-order valence-corrected chi connectivity index (χ2v) is 7.05. The first-order chi connectivity index (χ1) is 8.80. The molecule has 0 radical (unpaired) electrons. The van der Waals surface area contributed by atoms with Crippen molar-refractivity contribution in [2.45, 2.75) is 32.5 Å². The highest BCUT2D eigenvalue weighted by atomic mass is 31.2. The number of nitrogens with zero attached hydrogens (tertiary/aromatic N) is 1. The van der Waals surface area contributed by atoms with Gasteiger partial charge in [0, 0.05) is 12.0 Å². The van der Waals surface area contributed by atoms with Gasteiger partial charge in [0.2, 0.25) is 0 Å². The monoisotopic (exact) mass is 309 g/mol. The highest BCUT2D eigenvalue weighted by Gasteiger charge is 2.26. The Morgan fingerprint density at radius 3 is 2.30 bits per heavy atom. The molecule has 0 aliphatic rings. The van der Waals surface area contributed by atoms with Gasteiger partial charge in [-0.3, -0.25) is 4.57 Å². The van der Waals surface area contributed by atoms with Crippen molar-refractivity contribution in [3.8, 4) is 0 Å². The van der Waals surface area contributed by atoms with Gasteiger partial charge in [-0.05, 0) is 13.8 Å². The lowest BCUT2D eigenvalue weighted by molar-refractivity contribution is -0.873. The summed E-state index contributed by atoms with van der Waals surface area (Å²) in [5.74, 6) is -0.546. The third-order valence-electron chi connectivity index (χ3n) is 2.29. The molecule has 0 rings (SSSR count). The van der Waals surface area contributed by atoms with Gasteiger partial charge >= 0.3 is 5.97 Å². The number of esters is 1. The van der Waals surface area contributed by atoms with Crippen molar-refractivity contribution in [2.75, 3.05) is 27.7 Å². The largest absolute Gasteiger partial charge is 0.756 e. The first-order valence-corrected chi connectivity index (χ1v) is 7.69. The van der Waals surface area contributed by atoms with Crippen molar-refractivity contribution in [1.29, 1.82) is 0 Å². The van der Waals surface area contributed by atoms with E-state index in [0.29, 0.717) is 11.0 Å². The minimum Gasteiger partial charge on any atom is -0.756 e. The summed E-state index contributed by atoms with van der Waals surface area (Å²) < 4.78 is 21.0. The highest BCUT2D eigenvalue weighted by Crippen LogP contribution is 2.34. The Bertz CT molecular complexity index is 397. The molecule has 0 spiro atoms. The Morgan fingerprint density at radius 1 is 1.45 bits per heavy atom. The van der Waals surface area contributed by atoms with E-state index in [1.807, 2.05) is 21.1 Å². The third kappa shape index (κ3) is 10.1. The summed E-state index contributed by atoms with van der Waals surface area (Å²) >= 11 is 0. The highest BCUT2D eigenvalue weighted by molar-refractivity contribution is 7.44. The fourth-order valence-corrected chi connectivity index (χ4v) is 2.18. The molecular weight excluding hydrogens is 285 g/mol. The number of carbonyl (C=O) groups excluding carboxylic acids is 1. The lowest BCUT2D eigenvalue weighted by Crippen LogP contribution is -2.43. The van der Waals surface area contributed by atoms with Crippen LogP contribution in [0.1, 0.15) is 20.3 Å². The zero-order valence-electron chi connectivity index (χ0n) is 12.7. The molecule has 0 fully saturated rings. The standard InChI is InChI=1S/C12H24NO6P/c1-9(2)12(14)18-10(3)7-11(8-13(4,5)6)19-20(15,16)17/h10-11H,1,7-8H2,2-6H3,(H-,15,16,17). The number of carbonyl (C=O) groups is 1. The van der Waals surface area contributed by atoms with Gasteiger partial charge in [-0.25, -0.2) is 4.79 Å². The van der Waals surface area contributed by atoms with Crippen LogP contribution in [0.15, 0.2) is 12.2 Å². The Balaban J connectivity index is 4.67. The minimum absolute atomic E-state index is 0.154. The molecule has 0 saturated heterocycles. The summed E-state index contributed by atoms with van der Waals surface area (Å²) in [6.45, 7) is 6.95. The van der Waals surface area contributed by atoms with E-state index in [0.717, 1.165) is 0 Å². The van der Waals surface area contributed by atoms with E-state index in [4.69, 9.17) is 9.63 Å². The molecule has 0 aromatic carbocycles. The van der Waals surface area contributed by atoms with E-state index in [1.54, 1.807) is 6.92 Å². The number of phosphoric acid groups is 1. The summed E-state index contributed by atoms with van der Waals surface area (Å²) in [6, 6.07) is 0. The zero-order chi connectivity index (χ0) is 16.1. The smallest absolute Gasteiger partial charge is 0.333 e. The Morgan fingerprint density at radius 2 is 1.95 bits per heavy atom. The Hall–Kier alpha value is -0.720. The first-order valence-electron chi connectivity index (χ1n) is 6.19. The lowest BCUT2D eigenvalue weighted by Gasteiger charge is -2.32. The quantitative estimate of drug-likeness (QED) is 0.302. The Labute approximate surface area is 120 Å². The van der Waals surface area contributed by atoms with E-state index in [2.05, 4.69) is 11.1 Å². The molecule has 7 nitrogen and oxygen atoms in total. The van der Waals surface area contributed by atoms with Crippen LogP contribution in [0.4, 0.5) is 0 Å². The molecule has 3 atom stereocenters. The number of hydrogen-bond donors (Lipinski definition) is 1. The van der Waals surface area contributed by atoms with Gasteiger partial charge in [0.05, 0.1) is 21.1 Å². The van der Waals surface area contributed by atoms with Gasteiger partial charge in [-0.2, -0.15) is 0 Å². The number of rotatable bonds is 8. The molecule has 118 valence electrons. The van der Waals surface area contributed by atoms with E-state index in [-0.39, 0.29) is 12.0 Å². The summed E-state index contributed by atoms with van der Waals surface area (Å²) in [7, 11) is 0.730. The molecule has 0 heterocycles. The second kappa shape index (κ2) is 7.33. The van der Waals surface area contributed by atoms with Crippen LogP contribution in [-0.2, 0) is 18.6 Å². The van der Waals surface area contributed by atoms with Crippen LogP contribution < -0.4 is 4.89 Å². The molecule has 3 unspecified atom stereocenters. The zero-order valence-corrected chi connectivity index (χ0v) is 13.6. The van der Waals surface area contributed by atoms with Gasteiger partial charge in [-0.15, -0.1) is 0 Å². The van der Waals surface area contributed by atoms with Gasteiger partial charge in [0.1, 0.15) is 18.8 Å². The predicted octanol–water partition coefficient (Wildman–Crippen LogP) is 0.436. The fourth-order valence-electron chi connectivity index (χ4n) is 1.65. The number of likely N-dealkylation sites (N-methyl/N-ethyl adjacent to an activating group) is 1. The molecule has 20 heavy (non-hydrogen) atoms. The molecule has 0 aromatic rings. The average Bonchev–Trinajstić information content (AvgIpc) is 2.10. The van der Waals surface area contributed by atoms with Gasteiger partial charge in [-0.1, -0.05) is 6.58 Å². The molecule has 0 bridgehead atoms. The maximum absolute atomic E-state index is 11.4. The van der Waals surface area contributed by atoms with E-state index in [9.17, 15) is 14.3 Å². The van der Waals surface area contributed by atoms with Crippen molar-refractivity contribution < 1.29 is 32.9 Å². The van der Waals surface area contributed by atoms with Crippen LogP contribution in [0.2, 0.25) is 0 Å². The van der Waals surface area contributed by atoms with Gasteiger partial charge in [0.25, 0.3) is 7.82 Å². The van der Waals surface area contributed by atoms with Crippen LogP contribution in [0.25, 0.3) is 0 Å². The number of phosphoric ester groups is 1. The molecule has 0 aromatic heterocycles. The second-order valence-electron chi connectivity index (χ2n) is 5.90. The van der Waals surface area contributed by atoms with E-state index < -0.39 is 26.0 Å². The van der Waals surface area contributed by atoms with Crippen molar-refractivity contribution in [2.24, 2.45) is 0 Å². The van der Waals surface area contributed by atoms with Crippen LogP contribution >= 0.6 is 7.82 Å². The van der Waals surface area contributed by atoms with E-state index >= 15 is 0 Å². The topological polar surface area (TPSA) is 95.9 Å². The minimum atomic E-state index is -4.84. The molecule has 0 aliphatic carbocycles. The third-order valence-corrected chi connectivity index (χ3v) is 2.85. The number of hydrogen-bond acceptors (Lipinski definition) is 5. The molecule has 1 N–H and O–H groups in total. The SMILES string of the molecule is C=C(C)C(=O)OC(C)CC(C[N+](C)(C)C)OP(=O)([O-])O. The number of ether oxygens (including phenoxy) is 1. The van der Waals surface area contributed by atoms with Crippen LogP contribution in [-0.4, -0.2) is 55.2 Å². The van der Waals surface area contributed by atoms with Crippen molar-refractivity contribution in [3.05, 3.63) is 12.2 Å². The lowest BCUT2D eigenvalue weighted by atomic mass is 10.1. The molecular formula is C12H24NO6P. The normalized spacial score (nSPS) is 17.9. The van der Waals surface area contributed by atoms with Crippen LogP contribution in [0.3, 0.4) is 0 Å². The fraction of sp³-hybridized carbons (Fsp3) is 0.750. The average molecular weight is 309 g/mol. The summed E-state index contributed by atoms with van der Waals surface area (Å²) in [6.07, 6.45) is -1.18. The first kappa shape index (κ1) is 19.3. The van der Waals surface area contributed by atoms with Gasteiger partial charge in [0.15, 0.2) is 0 Å². The van der Waals surface area contributed by atoms with Gasteiger partial charge < -0.3 is 23.5 Å². The molecule has 0 saturated carbocycles. The summed E-state index contributed by atoms with van der Waals surface area (Å²) in [4.78, 5) is 31.1. The maximum atomic E-state index is 11.4. The van der Waals surface area contributed by atoms with Crippen molar-refractivity contribution in [3.63, 3.8) is 0 Å². The van der Waals surface area contributed by atoms with E-state index in [1.165, 1.54) is 6.92 Å². The summed E-state index contributed by atoms with van der Waals surface area (Å²) in [5.41, 5.74) is 0.262. The maximum Gasteiger partial charge on any atom is 0.333 e. The van der Waals surface area contributed by atoms with Crippen LogP contribution in [0.5, 0.6) is 0 Å². The molecule has 0 amide bonds. The summed E-state index contributed by atoms with van der Waals surface area (Å²) in [5, 5.41) is 0.